The van der Waals surface area contributed by atoms with Crippen LogP contribution >= 0.6 is 11.3 Å². The molecular formula is C14H16N2S. The van der Waals surface area contributed by atoms with Crippen molar-refractivity contribution in [3.8, 4) is 0 Å². The Labute approximate surface area is 106 Å². The first-order chi connectivity index (χ1) is 8.31. The predicted molar refractivity (Wildman–Crippen MR) is 74.5 cm³/mol. The van der Waals surface area contributed by atoms with Gasteiger partial charge >= 0.3 is 0 Å². The van der Waals surface area contributed by atoms with Crippen LogP contribution in [0.25, 0.3) is 0 Å². The summed E-state index contributed by atoms with van der Waals surface area (Å²) in [5.74, 6) is 0.617. The van der Waals surface area contributed by atoms with E-state index in [0.29, 0.717) is 5.84 Å². The van der Waals surface area contributed by atoms with Crippen molar-refractivity contribution in [2.24, 2.45) is 10.7 Å². The lowest BCUT2D eigenvalue weighted by Crippen LogP contribution is -2.14. The van der Waals surface area contributed by atoms with E-state index in [-0.39, 0.29) is 6.04 Å². The fourth-order valence-electron chi connectivity index (χ4n) is 1.69. The second kappa shape index (κ2) is 5.64. The molecule has 17 heavy (non-hydrogen) atoms. The zero-order chi connectivity index (χ0) is 12.1. The molecule has 2 nitrogen and oxygen atoms in total. The van der Waals surface area contributed by atoms with Crippen LogP contribution in [-0.4, -0.2) is 5.84 Å². The van der Waals surface area contributed by atoms with E-state index in [0.717, 1.165) is 12.0 Å². The number of amidine groups is 1. The van der Waals surface area contributed by atoms with E-state index in [4.69, 9.17) is 5.73 Å². The Hall–Kier alpha value is -1.61. The third kappa shape index (κ3) is 2.94. The molecule has 0 aliphatic rings. The van der Waals surface area contributed by atoms with Gasteiger partial charge in [-0.25, -0.2) is 0 Å². The Kier molecular flexibility index (Phi) is 3.94. The molecule has 0 amide bonds. The van der Waals surface area contributed by atoms with Gasteiger partial charge in [0.25, 0.3) is 0 Å². The summed E-state index contributed by atoms with van der Waals surface area (Å²) in [6, 6.07) is 14.2. The van der Waals surface area contributed by atoms with Crippen LogP contribution in [0.2, 0.25) is 0 Å². The van der Waals surface area contributed by atoms with E-state index in [1.165, 1.54) is 4.88 Å². The third-order valence-electron chi connectivity index (χ3n) is 2.62. The molecule has 2 N–H and O–H groups in total. The molecule has 1 heterocycles. The van der Waals surface area contributed by atoms with Crippen LogP contribution in [0.3, 0.4) is 0 Å². The number of hydrogen-bond donors (Lipinski definition) is 1. The number of hydrogen-bond acceptors (Lipinski definition) is 2. The molecule has 88 valence electrons. The fourth-order valence-corrected chi connectivity index (χ4v) is 2.54. The van der Waals surface area contributed by atoms with Gasteiger partial charge in [0.05, 0.1) is 6.04 Å². The number of nitrogens with zero attached hydrogens (tertiary/aromatic N) is 1. The molecule has 2 rings (SSSR count). The number of nitrogens with two attached hydrogens (primary N) is 1. The van der Waals surface area contributed by atoms with Gasteiger partial charge in [-0.1, -0.05) is 43.3 Å². The van der Waals surface area contributed by atoms with E-state index in [1.54, 1.807) is 11.3 Å². The van der Waals surface area contributed by atoms with Crippen molar-refractivity contribution in [1.82, 2.24) is 0 Å². The minimum Gasteiger partial charge on any atom is -0.383 e. The maximum Gasteiger partial charge on any atom is 0.126 e. The Morgan fingerprint density at radius 1 is 1.24 bits per heavy atom. The van der Waals surface area contributed by atoms with Gasteiger partial charge in [0.15, 0.2) is 0 Å². The molecule has 3 heteroatoms. The molecule has 0 radical (unpaired) electrons. The maximum atomic E-state index is 6.03. The second-order valence-electron chi connectivity index (χ2n) is 3.82. The Balaban J connectivity index is 2.23. The van der Waals surface area contributed by atoms with Crippen LogP contribution in [0.5, 0.6) is 0 Å². The van der Waals surface area contributed by atoms with Gasteiger partial charge < -0.3 is 5.73 Å². The summed E-state index contributed by atoms with van der Waals surface area (Å²) < 4.78 is 0. The van der Waals surface area contributed by atoms with Gasteiger partial charge in [-0.15, -0.1) is 11.3 Å². The van der Waals surface area contributed by atoms with Crippen LogP contribution in [-0.2, 0) is 0 Å². The van der Waals surface area contributed by atoms with Crippen molar-refractivity contribution in [3.05, 3.63) is 58.3 Å². The standard InChI is InChI=1S/C14H16N2S/c1-2-12(13-9-6-10-17-13)16-14(15)11-7-4-3-5-8-11/h3-10,12H,2H2,1H3,(H2,15,16). The van der Waals surface area contributed by atoms with Crippen molar-refractivity contribution >= 4 is 17.2 Å². The van der Waals surface area contributed by atoms with Gasteiger partial charge in [-0.05, 0) is 17.9 Å². The minimum atomic E-state index is 0.176. The number of thiophene rings is 1. The molecule has 0 aliphatic heterocycles. The zero-order valence-corrected chi connectivity index (χ0v) is 10.7. The highest BCUT2D eigenvalue weighted by molar-refractivity contribution is 7.10. The number of rotatable bonds is 4. The molecule has 0 spiro atoms. The van der Waals surface area contributed by atoms with E-state index in [2.05, 4.69) is 29.4 Å². The van der Waals surface area contributed by atoms with E-state index in [1.807, 2.05) is 30.3 Å². The largest absolute Gasteiger partial charge is 0.383 e. The summed E-state index contributed by atoms with van der Waals surface area (Å²) in [4.78, 5) is 5.88. The Morgan fingerprint density at radius 3 is 2.59 bits per heavy atom. The molecule has 0 aliphatic carbocycles. The number of benzene rings is 1. The first-order valence-corrected chi connectivity index (χ1v) is 6.61. The normalized spacial score (nSPS) is 13.6. The van der Waals surface area contributed by atoms with Crippen molar-refractivity contribution in [2.75, 3.05) is 0 Å². The second-order valence-corrected chi connectivity index (χ2v) is 4.80. The van der Waals surface area contributed by atoms with Crippen LogP contribution in [0.4, 0.5) is 0 Å². The topological polar surface area (TPSA) is 38.4 Å². The molecular weight excluding hydrogens is 228 g/mol. The molecule has 1 unspecified atom stereocenters. The van der Waals surface area contributed by atoms with Crippen molar-refractivity contribution in [1.29, 1.82) is 0 Å². The van der Waals surface area contributed by atoms with E-state index < -0.39 is 0 Å². The third-order valence-corrected chi connectivity index (χ3v) is 3.60. The highest BCUT2D eigenvalue weighted by Gasteiger charge is 2.09. The maximum absolute atomic E-state index is 6.03. The molecule has 1 atom stereocenters. The van der Waals surface area contributed by atoms with Gasteiger partial charge in [-0.3, -0.25) is 4.99 Å². The van der Waals surface area contributed by atoms with E-state index >= 15 is 0 Å². The SMILES string of the molecule is CCC(N=C(N)c1ccccc1)c1cccs1. The molecule has 0 bridgehead atoms. The first kappa shape index (κ1) is 11.9. The van der Waals surface area contributed by atoms with Crippen LogP contribution in [0.15, 0.2) is 52.8 Å². The molecule has 0 saturated heterocycles. The quantitative estimate of drug-likeness (QED) is 0.647. The molecule has 2 aromatic rings. The van der Waals surface area contributed by atoms with Crippen molar-refractivity contribution in [3.63, 3.8) is 0 Å². The average Bonchev–Trinajstić information content (AvgIpc) is 2.90. The summed E-state index contributed by atoms with van der Waals surface area (Å²) in [6.07, 6.45) is 0.966. The van der Waals surface area contributed by atoms with Gasteiger partial charge in [0.2, 0.25) is 0 Å². The fraction of sp³-hybridized carbons (Fsp3) is 0.214. The molecule has 1 aromatic heterocycles. The van der Waals surface area contributed by atoms with E-state index in [9.17, 15) is 0 Å². The smallest absolute Gasteiger partial charge is 0.126 e. The average molecular weight is 244 g/mol. The molecule has 0 fully saturated rings. The lowest BCUT2D eigenvalue weighted by Gasteiger charge is -2.09. The van der Waals surface area contributed by atoms with Crippen LogP contribution in [0.1, 0.15) is 29.8 Å². The molecule has 1 aromatic carbocycles. The lowest BCUT2D eigenvalue weighted by atomic mass is 10.1. The van der Waals surface area contributed by atoms with Crippen molar-refractivity contribution < 1.29 is 0 Å². The monoisotopic (exact) mass is 244 g/mol. The van der Waals surface area contributed by atoms with Crippen molar-refractivity contribution in [2.45, 2.75) is 19.4 Å². The number of aliphatic imine (C=N–C) groups is 1. The van der Waals surface area contributed by atoms with Gasteiger partial charge in [-0.2, -0.15) is 0 Å². The summed E-state index contributed by atoms with van der Waals surface area (Å²) in [5, 5.41) is 2.08. The Bertz CT molecular complexity index is 474. The summed E-state index contributed by atoms with van der Waals surface area (Å²) >= 11 is 1.73. The summed E-state index contributed by atoms with van der Waals surface area (Å²) in [5.41, 5.74) is 7.02. The lowest BCUT2D eigenvalue weighted by molar-refractivity contribution is 0.714. The predicted octanol–water partition coefficient (Wildman–Crippen LogP) is 3.60. The highest BCUT2D eigenvalue weighted by atomic mass is 32.1. The zero-order valence-electron chi connectivity index (χ0n) is 9.84. The van der Waals surface area contributed by atoms with Crippen LogP contribution < -0.4 is 5.73 Å². The highest BCUT2D eigenvalue weighted by Crippen LogP contribution is 2.25. The molecule has 0 saturated carbocycles. The minimum absolute atomic E-state index is 0.176. The first-order valence-electron chi connectivity index (χ1n) is 5.73. The Morgan fingerprint density at radius 2 is 2.00 bits per heavy atom. The van der Waals surface area contributed by atoms with Gasteiger partial charge in [0, 0.05) is 10.4 Å². The summed E-state index contributed by atoms with van der Waals surface area (Å²) in [6.45, 7) is 2.13. The summed E-state index contributed by atoms with van der Waals surface area (Å²) in [7, 11) is 0. The van der Waals surface area contributed by atoms with Crippen LogP contribution in [0, 0.1) is 0 Å². The van der Waals surface area contributed by atoms with Gasteiger partial charge in [0.1, 0.15) is 5.84 Å².